The number of hydrogen-bond donors (Lipinski definition) is 1. The van der Waals surface area contributed by atoms with Crippen LogP contribution in [0.2, 0.25) is 5.02 Å². The second-order valence-electron chi connectivity index (χ2n) is 5.46. The number of hydrogen-bond acceptors (Lipinski definition) is 3. The summed E-state index contributed by atoms with van der Waals surface area (Å²) in [6.45, 7) is 4.28. The Morgan fingerprint density at radius 3 is 2.81 bits per heavy atom. The topological polar surface area (TPSA) is 64.2 Å². The summed E-state index contributed by atoms with van der Waals surface area (Å²) in [6.07, 6.45) is 0. The molecule has 0 spiro atoms. The van der Waals surface area contributed by atoms with Gasteiger partial charge in [-0.25, -0.2) is 0 Å². The third-order valence-corrected chi connectivity index (χ3v) is 4.27. The third kappa shape index (κ3) is 2.43. The number of likely N-dealkylation sites (N-methyl/N-ethyl adjacent to an activating group) is 1. The minimum Gasteiger partial charge on any atom is -0.365 e. The summed E-state index contributed by atoms with van der Waals surface area (Å²) < 4.78 is 1.89. The fourth-order valence-corrected chi connectivity index (χ4v) is 2.81. The van der Waals surface area contributed by atoms with Gasteiger partial charge in [0.05, 0.1) is 17.8 Å². The number of nitrogens with two attached hydrogens (primary N) is 1. The molecule has 3 rings (SSSR count). The zero-order valence-corrected chi connectivity index (χ0v) is 12.8. The molecule has 1 aliphatic heterocycles. The molecule has 5 nitrogen and oxygen atoms in total. The number of nitrogens with zero attached hydrogens (tertiary/aromatic N) is 3. The van der Waals surface area contributed by atoms with Gasteiger partial charge < -0.3 is 5.73 Å². The van der Waals surface area contributed by atoms with E-state index < -0.39 is 5.91 Å². The lowest BCUT2D eigenvalue weighted by atomic mass is 10.0. The maximum Gasteiger partial charge on any atom is 0.252 e. The molecule has 1 amide bonds. The average molecular weight is 305 g/mol. The van der Waals surface area contributed by atoms with Crippen molar-refractivity contribution in [2.45, 2.75) is 20.0 Å². The van der Waals surface area contributed by atoms with Crippen molar-refractivity contribution in [1.29, 1.82) is 0 Å². The van der Waals surface area contributed by atoms with E-state index >= 15 is 0 Å². The monoisotopic (exact) mass is 304 g/mol. The molecule has 110 valence electrons. The molecule has 1 aliphatic rings. The predicted molar refractivity (Wildman–Crippen MR) is 82.3 cm³/mol. The number of aromatic nitrogens is 2. The summed E-state index contributed by atoms with van der Waals surface area (Å²) in [5, 5.41) is 5.29. The largest absolute Gasteiger partial charge is 0.365 e. The quantitative estimate of drug-likeness (QED) is 0.923. The molecule has 0 aliphatic carbocycles. The second kappa shape index (κ2) is 5.16. The Morgan fingerprint density at radius 2 is 2.14 bits per heavy atom. The molecule has 1 aromatic carbocycles. The van der Waals surface area contributed by atoms with Crippen LogP contribution in [-0.4, -0.2) is 34.2 Å². The van der Waals surface area contributed by atoms with Crippen molar-refractivity contribution in [3.63, 3.8) is 0 Å². The minimum atomic E-state index is -0.436. The van der Waals surface area contributed by atoms with Gasteiger partial charge in [0.1, 0.15) is 5.69 Å². The standard InChI is InChI=1S/C15H17ClN4O/c1-9-7-10(3-4-11(9)16)14-13(15(17)21)12-8-19(2)5-6-20(12)18-14/h3-4,7H,5-6,8H2,1-2H3,(H2,17,21). The molecular weight excluding hydrogens is 288 g/mol. The highest BCUT2D eigenvalue weighted by molar-refractivity contribution is 6.31. The number of carbonyl (C=O) groups is 1. The molecule has 0 saturated heterocycles. The van der Waals surface area contributed by atoms with Gasteiger partial charge in [0.25, 0.3) is 5.91 Å². The van der Waals surface area contributed by atoms with Crippen LogP contribution in [0.5, 0.6) is 0 Å². The van der Waals surface area contributed by atoms with Crippen molar-refractivity contribution in [2.75, 3.05) is 13.6 Å². The number of rotatable bonds is 2. The lowest BCUT2D eigenvalue weighted by Gasteiger charge is -2.23. The zero-order valence-electron chi connectivity index (χ0n) is 12.1. The Morgan fingerprint density at radius 1 is 1.38 bits per heavy atom. The second-order valence-corrected chi connectivity index (χ2v) is 5.87. The SMILES string of the molecule is Cc1cc(-c2nn3c(c2C(N)=O)CN(C)CC3)ccc1Cl. The van der Waals surface area contributed by atoms with E-state index in [1.807, 2.05) is 36.9 Å². The number of amides is 1. The normalized spacial score (nSPS) is 15.0. The van der Waals surface area contributed by atoms with Gasteiger partial charge in [-0.3, -0.25) is 14.4 Å². The van der Waals surface area contributed by atoms with Crippen LogP contribution >= 0.6 is 11.6 Å². The first-order valence-electron chi connectivity index (χ1n) is 6.82. The van der Waals surface area contributed by atoms with Crippen molar-refractivity contribution in [3.8, 4) is 11.3 Å². The van der Waals surface area contributed by atoms with Crippen molar-refractivity contribution in [1.82, 2.24) is 14.7 Å². The molecule has 21 heavy (non-hydrogen) atoms. The van der Waals surface area contributed by atoms with E-state index in [-0.39, 0.29) is 0 Å². The lowest BCUT2D eigenvalue weighted by molar-refractivity contribution is 0.0998. The van der Waals surface area contributed by atoms with Gasteiger partial charge in [-0.2, -0.15) is 5.10 Å². The van der Waals surface area contributed by atoms with Crippen molar-refractivity contribution in [3.05, 3.63) is 40.0 Å². The van der Waals surface area contributed by atoms with Crippen LogP contribution in [0.4, 0.5) is 0 Å². The molecule has 2 N–H and O–H groups in total. The first-order chi connectivity index (χ1) is 9.97. The molecule has 6 heteroatoms. The van der Waals surface area contributed by atoms with Gasteiger partial charge >= 0.3 is 0 Å². The fourth-order valence-electron chi connectivity index (χ4n) is 2.70. The van der Waals surface area contributed by atoms with E-state index in [0.717, 1.165) is 29.9 Å². The number of carbonyl (C=O) groups excluding carboxylic acids is 1. The first-order valence-corrected chi connectivity index (χ1v) is 7.19. The van der Waals surface area contributed by atoms with Crippen molar-refractivity contribution in [2.24, 2.45) is 5.73 Å². The van der Waals surface area contributed by atoms with E-state index in [9.17, 15) is 4.79 Å². The summed E-state index contributed by atoms with van der Waals surface area (Å²) in [6, 6.07) is 5.63. The van der Waals surface area contributed by atoms with Crippen LogP contribution in [0.25, 0.3) is 11.3 Å². The molecule has 0 saturated carbocycles. The maximum atomic E-state index is 11.9. The Hall–Kier alpha value is -1.85. The number of benzene rings is 1. The number of fused-ring (bicyclic) bond motifs is 1. The molecule has 0 fully saturated rings. The molecule has 0 radical (unpaired) electrons. The Labute approximate surface area is 128 Å². The molecule has 2 aromatic rings. The smallest absolute Gasteiger partial charge is 0.252 e. The molecular formula is C15H17ClN4O. The van der Waals surface area contributed by atoms with E-state index in [4.69, 9.17) is 17.3 Å². The van der Waals surface area contributed by atoms with Gasteiger partial charge in [0.2, 0.25) is 0 Å². The van der Waals surface area contributed by atoms with Gasteiger partial charge in [0.15, 0.2) is 0 Å². The van der Waals surface area contributed by atoms with Crippen LogP contribution in [0, 0.1) is 6.92 Å². The van der Waals surface area contributed by atoms with Gasteiger partial charge in [-0.1, -0.05) is 17.7 Å². The molecule has 0 unspecified atom stereocenters. The summed E-state index contributed by atoms with van der Waals surface area (Å²) in [5.41, 5.74) is 9.47. The maximum absolute atomic E-state index is 11.9. The summed E-state index contributed by atoms with van der Waals surface area (Å²) in [5.74, 6) is -0.436. The predicted octanol–water partition coefficient (Wildman–Crippen LogP) is 2.06. The van der Waals surface area contributed by atoms with Crippen LogP contribution < -0.4 is 5.73 Å². The Balaban J connectivity index is 2.18. The van der Waals surface area contributed by atoms with Crippen LogP contribution in [0.15, 0.2) is 18.2 Å². The van der Waals surface area contributed by atoms with E-state index in [1.165, 1.54) is 0 Å². The van der Waals surface area contributed by atoms with Gasteiger partial charge in [-0.05, 0) is 31.7 Å². The van der Waals surface area contributed by atoms with Gasteiger partial charge in [0, 0.05) is 23.7 Å². The number of halogens is 1. The first kappa shape index (κ1) is 14.1. The van der Waals surface area contributed by atoms with Crippen molar-refractivity contribution < 1.29 is 4.79 Å². The summed E-state index contributed by atoms with van der Waals surface area (Å²) >= 11 is 6.07. The Kier molecular flexibility index (Phi) is 3.47. The van der Waals surface area contributed by atoms with E-state index in [2.05, 4.69) is 10.00 Å². The number of primary amides is 1. The molecule has 1 aromatic heterocycles. The summed E-state index contributed by atoms with van der Waals surface area (Å²) in [4.78, 5) is 14.1. The Bertz CT molecular complexity index is 723. The van der Waals surface area contributed by atoms with Crippen molar-refractivity contribution >= 4 is 17.5 Å². The molecule has 0 bridgehead atoms. The summed E-state index contributed by atoms with van der Waals surface area (Å²) in [7, 11) is 2.02. The third-order valence-electron chi connectivity index (χ3n) is 3.85. The fraction of sp³-hybridized carbons (Fsp3) is 0.333. The van der Waals surface area contributed by atoms with Crippen LogP contribution in [0.1, 0.15) is 21.6 Å². The zero-order chi connectivity index (χ0) is 15.1. The highest BCUT2D eigenvalue weighted by atomic mass is 35.5. The highest BCUT2D eigenvalue weighted by Gasteiger charge is 2.26. The van der Waals surface area contributed by atoms with Gasteiger partial charge in [-0.15, -0.1) is 0 Å². The number of aryl methyl sites for hydroxylation is 1. The molecule has 0 atom stereocenters. The lowest BCUT2D eigenvalue weighted by Crippen LogP contribution is -2.32. The van der Waals surface area contributed by atoms with Crippen LogP contribution in [-0.2, 0) is 13.1 Å². The van der Waals surface area contributed by atoms with E-state index in [0.29, 0.717) is 22.8 Å². The van der Waals surface area contributed by atoms with Crippen LogP contribution in [0.3, 0.4) is 0 Å². The minimum absolute atomic E-state index is 0.436. The highest BCUT2D eigenvalue weighted by Crippen LogP contribution is 2.30. The molecule has 2 heterocycles. The average Bonchev–Trinajstić information content (AvgIpc) is 2.80. The van der Waals surface area contributed by atoms with E-state index in [1.54, 1.807) is 0 Å².